The van der Waals surface area contributed by atoms with Crippen molar-refractivity contribution in [2.75, 3.05) is 0 Å². The van der Waals surface area contributed by atoms with E-state index < -0.39 is 0 Å². The normalized spacial score (nSPS) is 15.1. The van der Waals surface area contributed by atoms with Crippen LogP contribution in [0.1, 0.15) is 20.3 Å². The standard InChI is InChI=1S/C7H9BrCl2/c1-5(8)3-4-7(10)6(2)9/h3H,4H2,1-2H3. The molecule has 0 nitrogen and oxygen atoms in total. The molecule has 0 aliphatic heterocycles. The van der Waals surface area contributed by atoms with E-state index in [4.69, 9.17) is 23.2 Å². The van der Waals surface area contributed by atoms with Crippen LogP contribution in [0.3, 0.4) is 0 Å². The highest BCUT2D eigenvalue weighted by Gasteiger charge is 1.93. The van der Waals surface area contributed by atoms with Crippen LogP contribution in [0.4, 0.5) is 0 Å². The lowest BCUT2D eigenvalue weighted by atomic mass is 10.3. The molecule has 0 N–H and O–H groups in total. The molecule has 0 radical (unpaired) electrons. The summed E-state index contributed by atoms with van der Waals surface area (Å²) in [5.74, 6) is 0. The first-order chi connectivity index (χ1) is 4.54. The SMILES string of the molecule is CC(Br)=CCC(Cl)=C(C)Cl. The summed E-state index contributed by atoms with van der Waals surface area (Å²) in [6.45, 7) is 3.73. The summed E-state index contributed by atoms with van der Waals surface area (Å²) in [5.41, 5.74) is 0. The molecule has 0 saturated carbocycles. The van der Waals surface area contributed by atoms with Gasteiger partial charge in [0.15, 0.2) is 0 Å². The van der Waals surface area contributed by atoms with Crippen LogP contribution >= 0.6 is 39.1 Å². The first-order valence-corrected chi connectivity index (χ1v) is 4.42. The van der Waals surface area contributed by atoms with Gasteiger partial charge < -0.3 is 0 Å². The largest absolute Gasteiger partial charge is 0.0882 e. The van der Waals surface area contributed by atoms with E-state index in [0.29, 0.717) is 16.5 Å². The van der Waals surface area contributed by atoms with Crippen LogP contribution < -0.4 is 0 Å². The van der Waals surface area contributed by atoms with Gasteiger partial charge in [0.05, 0.1) is 0 Å². The van der Waals surface area contributed by atoms with Crippen LogP contribution in [0.25, 0.3) is 0 Å². The van der Waals surface area contributed by atoms with Gasteiger partial charge in [-0.2, -0.15) is 0 Å². The predicted molar refractivity (Wildman–Crippen MR) is 51.7 cm³/mol. The minimum atomic E-state index is 0.659. The Morgan fingerprint density at radius 3 is 2.20 bits per heavy atom. The zero-order chi connectivity index (χ0) is 8.15. The molecule has 0 fully saturated rings. The second kappa shape index (κ2) is 5.22. The van der Waals surface area contributed by atoms with Crippen molar-refractivity contribution in [3.8, 4) is 0 Å². The minimum absolute atomic E-state index is 0.659. The van der Waals surface area contributed by atoms with Crippen molar-refractivity contribution >= 4 is 39.1 Å². The molecule has 0 unspecified atom stereocenters. The van der Waals surface area contributed by atoms with Crippen LogP contribution in [0, 0.1) is 0 Å². The summed E-state index contributed by atoms with van der Waals surface area (Å²) in [6.07, 6.45) is 2.67. The van der Waals surface area contributed by atoms with Gasteiger partial charge in [-0.25, -0.2) is 0 Å². The molecule has 0 aromatic carbocycles. The highest BCUT2D eigenvalue weighted by atomic mass is 79.9. The second-order valence-electron chi connectivity index (χ2n) is 1.93. The van der Waals surface area contributed by atoms with Gasteiger partial charge in [-0.15, -0.1) is 0 Å². The topological polar surface area (TPSA) is 0 Å². The fourth-order valence-electron chi connectivity index (χ4n) is 0.371. The Hall–Kier alpha value is 0.540. The highest BCUT2D eigenvalue weighted by molar-refractivity contribution is 9.11. The van der Waals surface area contributed by atoms with E-state index in [9.17, 15) is 0 Å². The Labute approximate surface area is 80.0 Å². The van der Waals surface area contributed by atoms with Gasteiger partial charge in [-0.3, -0.25) is 0 Å². The molecular formula is C7H9BrCl2. The molecule has 0 heterocycles. The summed E-state index contributed by atoms with van der Waals surface area (Å²) in [4.78, 5) is 0. The Morgan fingerprint density at radius 2 is 1.90 bits per heavy atom. The van der Waals surface area contributed by atoms with Crippen molar-refractivity contribution in [3.05, 3.63) is 20.6 Å². The van der Waals surface area contributed by atoms with E-state index in [-0.39, 0.29) is 0 Å². The molecule has 0 aliphatic carbocycles. The molecule has 58 valence electrons. The van der Waals surface area contributed by atoms with Crippen LogP contribution in [0.5, 0.6) is 0 Å². The van der Waals surface area contributed by atoms with E-state index in [0.717, 1.165) is 4.48 Å². The van der Waals surface area contributed by atoms with Gasteiger partial charge in [0.1, 0.15) is 0 Å². The number of rotatable bonds is 2. The molecule has 0 atom stereocenters. The molecule has 3 heteroatoms. The van der Waals surface area contributed by atoms with Crippen molar-refractivity contribution < 1.29 is 0 Å². The van der Waals surface area contributed by atoms with E-state index >= 15 is 0 Å². The van der Waals surface area contributed by atoms with Crippen molar-refractivity contribution in [1.29, 1.82) is 0 Å². The highest BCUT2D eigenvalue weighted by Crippen LogP contribution is 2.18. The van der Waals surface area contributed by atoms with Gasteiger partial charge in [-0.05, 0) is 18.3 Å². The van der Waals surface area contributed by atoms with Crippen molar-refractivity contribution in [1.82, 2.24) is 0 Å². The summed E-state index contributed by atoms with van der Waals surface area (Å²) < 4.78 is 1.07. The van der Waals surface area contributed by atoms with Gasteiger partial charge in [0.25, 0.3) is 0 Å². The third-order valence-corrected chi connectivity index (χ3v) is 2.02. The number of halogens is 3. The molecule has 0 aliphatic rings. The summed E-state index contributed by atoms with van der Waals surface area (Å²) >= 11 is 14.6. The summed E-state index contributed by atoms with van der Waals surface area (Å²) in [6, 6.07) is 0. The monoisotopic (exact) mass is 242 g/mol. The molecule has 0 spiro atoms. The molecule has 0 saturated heterocycles. The Bertz CT molecular complexity index is 162. The van der Waals surface area contributed by atoms with Gasteiger partial charge in [-0.1, -0.05) is 45.2 Å². The third-order valence-electron chi connectivity index (χ3n) is 0.936. The van der Waals surface area contributed by atoms with Crippen LogP contribution in [-0.4, -0.2) is 0 Å². The maximum atomic E-state index is 5.74. The maximum absolute atomic E-state index is 5.74. The molecule has 0 rings (SSSR count). The van der Waals surface area contributed by atoms with E-state index in [1.54, 1.807) is 6.92 Å². The van der Waals surface area contributed by atoms with E-state index in [1.165, 1.54) is 0 Å². The molecule has 10 heavy (non-hydrogen) atoms. The lowest BCUT2D eigenvalue weighted by Crippen LogP contribution is -1.71. The van der Waals surface area contributed by atoms with Crippen LogP contribution in [0.15, 0.2) is 20.6 Å². The smallest absolute Gasteiger partial charge is 0.0361 e. The fraction of sp³-hybridized carbons (Fsp3) is 0.429. The summed E-state index contributed by atoms with van der Waals surface area (Å²) in [5, 5.41) is 1.35. The van der Waals surface area contributed by atoms with Crippen molar-refractivity contribution in [2.24, 2.45) is 0 Å². The molecular weight excluding hydrogens is 235 g/mol. The third kappa shape index (κ3) is 5.33. The van der Waals surface area contributed by atoms with Gasteiger partial charge in [0.2, 0.25) is 0 Å². The summed E-state index contributed by atoms with van der Waals surface area (Å²) in [7, 11) is 0. The molecule has 0 aromatic rings. The van der Waals surface area contributed by atoms with Crippen LogP contribution in [-0.2, 0) is 0 Å². The molecule has 0 bridgehead atoms. The first-order valence-electron chi connectivity index (χ1n) is 2.87. The van der Waals surface area contributed by atoms with Gasteiger partial charge >= 0.3 is 0 Å². The Morgan fingerprint density at radius 1 is 1.40 bits per heavy atom. The quantitative estimate of drug-likeness (QED) is 0.675. The average molecular weight is 244 g/mol. The second-order valence-corrected chi connectivity index (χ2v) is 4.21. The number of allylic oxidation sites excluding steroid dienone is 4. The minimum Gasteiger partial charge on any atom is -0.0882 e. The maximum Gasteiger partial charge on any atom is 0.0361 e. The van der Waals surface area contributed by atoms with Gasteiger partial charge in [0, 0.05) is 16.5 Å². The first kappa shape index (κ1) is 10.5. The zero-order valence-corrected chi connectivity index (χ0v) is 9.02. The number of hydrogen-bond donors (Lipinski definition) is 0. The molecule has 0 aromatic heterocycles. The fourth-order valence-corrected chi connectivity index (χ4v) is 0.687. The zero-order valence-electron chi connectivity index (χ0n) is 5.92. The van der Waals surface area contributed by atoms with Crippen molar-refractivity contribution in [3.63, 3.8) is 0 Å². The average Bonchev–Trinajstić information content (AvgIpc) is 1.82. The Balaban J connectivity index is 3.94. The Kier molecular flexibility index (Phi) is 5.51. The predicted octanol–water partition coefficient (Wildman–Crippen LogP) is 4.38. The molecule has 0 amide bonds. The van der Waals surface area contributed by atoms with E-state index in [2.05, 4.69) is 15.9 Å². The van der Waals surface area contributed by atoms with Crippen molar-refractivity contribution in [2.45, 2.75) is 20.3 Å². The number of hydrogen-bond acceptors (Lipinski definition) is 0. The van der Waals surface area contributed by atoms with Crippen LogP contribution in [0.2, 0.25) is 0 Å². The lowest BCUT2D eigenvalue weighted by molar-refractivity contribution is 1.31. The van der Waals surface area contributed by atoms with E-state index in [1.807, 2.05) is 13.0 Å². The lowest BCUT2D eigenvalue weighted by Gasteiger charge is -1.93.